The van der Waals surface area contributed by atoms with Crippen molar-refractivity contribution in [2.24, 2.45) is 23.0 Å². The molecule has 1 heterocycles. The molecule has 21 heavy (non-hydrogen) atoms. The summed E-state index contributed by atoms with van der Waals surface area (Å²) in [5, 5.41) is 3.61. The predicted molar refractivity (Wildman–Crippen MR) is 93.9 cm³/mol. The van der Waals surface area contributed by atoms with Crippen molar-refractivity contribution in [1.29, 1.82) is 0 Å². The zero-order valence-electron chi connectivity index (χ0n) is 13.4. The number of fused-ring (bicyclic) bond motifs is 1. The van der Waals surface area contributed by atoms with Crippen LogP contribution in [-0.2, 0) is 0 Å². The molecule has 0 amide bonds. The monoisotopic (exact) mass is 301 g/mol. The van der Waals surface area contributed by atoms with E-state index in [1.165, 1.54) is 29.3 Å². The summed E-state index contributed by atoms with van der Waals surface area (Å²) in [7, 11) is 0. The van der Waals surface area contributed by atoms with Crippen LogP contribution in [0.5, 0.6) is 0 Å². The van der Waals surface area contributed by atoms with Gasteiger partial charge in [0.1, 0.15) is 0 Å². The minimum absolute atomic E-state index is 0.404. The number of hydrogen-bond donors (Lipinski definition) is 1. The van der Waals surface area contributed by atoms with Crippen LogP contribution in [-0.4, -0.2) is 6.54 Å². The molecule has 2 N–H and O–H groups in total. The van der Waals surface area contributed by atoms with E-state index in [0.717, 1.165) is 12.5 Å². The molecule has 0 radical (unpaired) electrons. The Morgan fingerprint density at radius 1 is 1.19 bits per heavy atom. The van der Waals surface area contributed by atoms with Gasteiger partial charge in [0.25, 0.3) is 0 Å². The number of thiophene rings is 1. The van der Waals surface area contributed by atoms with E-state index in [1.54, 1.807) is 5.56 Å². The summed E-state index contributed by atoms with van der Waals surface area (Å²) in [6.07, 6.45) is 3.91. The first kappa shape index (κ1) is 15.1. The van der Waals surface area contributed by atoms with E-state index in [4.69, 9.17) is 5.73 Å². The molecule has 1 nitrogen and oxygen atoms in total. The highest BCUT2D eigenvalue weighted by Gasteiger charge is 2.36. The summed E-state index contributed by atoms with van der Waals surface area (Å²) < 4.78 is 1.48. The van der Waals surface area contributed by atoms with Crippen LogP contribution in [0.2, 0.25) is 0 Å². The van der Waals surface area contributed by atoms with E-state index < -0.39 is 0 Å². The number of rotatable bonds is 2. The van der Waals surface area contributed by atoms with Crippen molar-refractivity contribution in [2.45, 2.75) is 46.0 Å². The largest absolute Gasteiger partial charge is 0.330 e. The average Bonchev–Trinajstić information content (AvgIpc) is 2.94. The van der Waals surface area contributed by atoms with Crippen LogP contribution >= 0.6 is 11.3 Å². The number of benzene rings is 1. The van der Waals surface area contributed by atoms with Crippen LogP contribution in [0.4, 0.5) is 0 Å². The lowest BCUT2D eigenvalue weighted by Crippen LogP contribution is -2.34. The van der Waals surface area contributed by atoms with E-state index in [0.29, 0.717) is 17.3 Å². The Morgan fingerprint density at radius 3 is 2.71 bits per heavy atom. The van der Waals surface area contributed by atoms with E-state index >= 15 is 0 Å². The lowest BCUT2D eigenvalue weighted by molar-refractivity contribution is 0.133. The van der Waals surface area contributed by atoms with Gasteiger partial charge >= 0.3 is 0 Å². The Kier molecular flexibility index (Phi) is 4.11. The summed E-state index contributed by atoms with van der Waals surface area (Å²) in [5.41, 5.74) is 8.06. The Balaban J connectivity index is 1.98. The standard InChI is InChI=1S/C19H27NS/c1-19(2,3)15-8-7-14(12-20)17(11-15)16-6-4-5-13-9-10-21-18(13)16/h4-6,9-10,14-15,17H,7-8,11-12,20H2,1-3H3. The maximum Gasteiger partial charge on any atom is 0.0377 e. The molecule has 3 unspecified atom stereocenters. The molecule has 1 aliphatic rings. The van der Waals surface area contributed by atoms with Gasteiger partial charge in [0.2, 0.25) is 0 Å². The normalized spacial score (nSPS) is 27.1. The second-order valence-electron chi connectivity index (χ2n) is 7.66. The van der Waals surface area contributed by atoms with Gasteiger partial charge in [0, 0.05) is 4.70 Å². The number of hydrogen-bond acceptors (Lipinski definition) is 2. The predicted octanol–water partition coefficient (Wildman–Crippen LogP) is 5.41. The van der Waals surface area contributed by atoms with Gasteiger partial charge in [0.05, 0.1) is 0 Å². The van der Waals surface area contributed by atoms with Crippen LogP contribution in [0.15, 0.2) is 29.6 Å². The molecule has 1 saturated carbocycles. The minimum atomic E-state index is 0.404. The van der Waals surface area contributed by atoms with Gasteiger partial charge in [-0.25, -0.2) is 0 Å². The Morgan fingerprint density at radius 2 is 2.00 bits per heavy atom. The molecule has 1 aliphatic carbocycles. The molecule has 0 bridgehead atoms. The first-order chi connectivity index (χ1) is 10.0. The fourth-order valence-corrected chi connectivity index (χ4v) is 4.97. The highest BCUT2D eigenvalue weighted by atomic mass is 32.1. The first-order valence-corrected chi connectivity index (χ1v) is 9.05. The van der Waals surface area contributed by atoms with E-state index in [-0.39, 0.29) is 0 Å². The molecule has 3 rings (SSSR count). The van der Waals surface area contributed by atoms with Gasteiger partial charge in [-0.3, -0.25) is 0 Å². The molecule has 114 valence electrons. The van der Waals surface area contributed by atoms with Crippen LogP contribution in [0.25, 0.3) is 10.1 Å². The van der Waals surface area contributed by atoms with E-state index in [2.05, 4.69) is 50.4 Å². The molecule has 0 aliphatic heterocycles. The molecule has 1 aromatic heterocycles. The molecule has 3 atom stereocenters. The second-order valence-corrected chi connectivity index (χ2v) is 8.58. The highest BCUT2D eigenvalue weighted by Crippen LogP contribution is 2.48. The van der Waals surface area contributed by atoms with Crippen LogP contribution in [0.1, 0.15) is 51.5 Å². The van der Waals surface area contributed by atoms with Crippen molar-refractivity contribution in [2.75, 3.05) is 6.54 Å². The molecule has 0 spiro atoms. The van der Waals surface area contributed by atoms with E-state index in [9.17, 15) is 0 Å². The van der Waals surface area contributed by atoms with Gasteiger partial charge in [-0.15, -0.1) is 11.3 Å². The van der Waals surface area contributed by atoms with Gasteiger partial charge in [-0.05, 0) is 71.4 Å². The Hall–Kier alpha value is -0.860. The van der Waals surface area contributed by atoms with Gasteiger partial charge in [-0.2, -0.15) is 0 Å². The summed E-state index contributed by atoms with van der Waals surface area (Å²) in [5.74, 6) is 2.09. The fraction of sp³-hybridized carbons (Fsp3) is 0.579. The molecule has 2 aromatic rings. The van der Waals surface area contributed by atoms with Crippen molar-refractivity contribution < 1.29 is 0 Å². The van der Waals surface area contributed by atoms with Crippen LogP contribution < -0.4 is 5.73 Å². The Bertz CT molecular complexity index is 607. The minimum Gasteiger partial charge on any atom is -0.330 e. The lowest BCUT2D eigenvalue weighted by Gasteiger charge is -2.42. The SMILES string of the molecule is CC(C)(C)C1CCC(CN)C(c2cccc3ccsc23)C1. The molecule has 1 aromatic carbocycles. The van der Waals surface area contributed by atoms with Crippen LogP contribution in [0.3, 0.4) is 0 Å². The summed E-state index contributed by atoms with van der Waals surface area (Å²) >= 11 is 1.89. The van der Waals surface area contributed by atoms with Crippen molar-refractivity contribution in [3.63, 3.8) is 0 Å². The zero-order chi connectivity index (χ0) is 15.0. The topological polar surface area (TPSA) is 26.0 Å². The third-order valence-corrected chi connectivity index (χ3v) is 6.41. The summed E-state index contributed by atoms with van der Waals surface area (Å²) in [6, 6.07) is 9.04. The smallest absolute Gasteiger partial charge is 0.0377 e. The van der Waals surface area contributed by atoms with Crippen molar-refractivity contribution in [3.05, 3.63) is 35.2 Å². The zero-order valence-corrected chi connectivity index (χ0v) is 14.2. The molecular formula is C19H27NS. The molecule has 0 saturated heterocycles. The van der Waals surface area contributed by atoms with Crippen molar-refractivity contribution in [3.8, 4) is 0 Å². The molecular weight excluding hydrogens is 274 g/mol. The maximum atomic E-state index is 6.11. The third kappa shape index (κ3) is 2.89. The molecule has 1 fully saturated rings. The first-order valence-electron chi connectivity index (χ1n) is 8.17. The van der Waals surface area contributed by atoms with Crippen molar-refractivity contribution in [1.82, 2.24) is 0 Å². The van der Waals surface area contributed by atoms with Gasteiger partial charge in [0.15, 0.2) is 0 Å². The molecule has 2 heteroatoms. The lowest BCUT2D eigenvalue weighted by atomic mass is 9.64. The summed E-state index contributed by atoms with van der Waals surface area (Å²) in [6.45, 7) is 8.00. The summed E-state index contributed by atoms with van der Waals surface area (Å²) in [4.78, 5) is 0. The van der Waals surface area contributed by atoms with Gasteiger partial charge < -0.3 is 5.73 Å². The number of nitrogens with two attached hydrogens (primary N) is 1. The van der Waals surface area contributed by atoms with Crippen LogP contribution in [0, 0.1) is 17.3 Å². The van der Waals surface area contributed by atoms with E-state index in [1.807, 2.05) is 11.3 Å². The quantitative estimate of drug-likeness (QED) is 0.789. The third-order valence-electron chi connectivity index (χ3n) is 5.43. The maximum absolute atomic E-state index is 6.11. The Labute approximate surface area is 132 Å². The average molecular weight is 301 g/mol. The van der Waals surface area contributed by atoms with Gasteiger partial charge in [-0.1, -0.05) is 39.0 Å². The highest BCUT2D eigenvalue weighted by molar-refractivity contribution is 7.17. The fourth-order valence-electron chi connectivity index (χ4n) is 3.99. The van der Waals surface area contributed by atoms with Crippen molar-refractivity contribution >= 4 is 21.4 Å². The second kappa shape index (κ2) is 5.73.